The number of ether oxygens (including phenoxy) is 2. The van der Waals surface area contributed by atoms with Crippen LogP contribution in [0.25, 0.3) is 0 Å². The van der Waals surface area contributed by atoms with Gasteiger partial charge in [0.05, 0.1) is 13.0 Å². The fraction of sp³-hybridized carbons (Fsp3) is 0.348. The highest BCUT2D eigenvalue weighted by Gasteiger charge is 2.13. The van der Waals surface area contributed by atoms with Gasteiger partial charge in [0.1, 0.15) is 5.75 Å². The van der Waals surface area contributed by atoms with Gasteiger partial charge in [0, 0.05) is 24.3 Å². The molecule has 2 amide bonds. The van der Waals surface area contributed by atoms with Crippen molar-refractivity contribution in [3.05, 3.63) is 59.7 Å². The molecule has 0 aliphatic heterocycles. The average molecular weight is 412 g/mol. The van der Waals surface area contributed by atoms with E-state index in [9.17, 15) is 14.4 Å². The number of esters is 1. The summed E-state index contributed by atoms with van der Waals surface area (Å²) in [6.45, 7) is 6.88. The van der Waals surface area contributed by atoms with Crippen LogP contribution in [0.4, 0.5) is 5.69 Å². The minimum atomic E-state index is -0.516. The Morgan fingerprint density at radius 1 is 0.933 bits per heavy atom. The first-order chi connectivity index (χ1) is 14.4. The minimum Gasteiger partial charge on any atom is -0.493 e. The number of hydrogen-bond acceptors (Lipinski definition) is 5. The number of rotatable bonds is 10. The fourth-order valence-electron chi connectivity index (χ4n) is 2.69. The molecule has 0 saturated carbocycles. The van der Waals surface area contributed by atoms with Gasteiger partial charge in [-0.05, 0) is 57.2 Å². The van der Waals surface area contributed by atoms with Gasteiger partial charge in [-0.25, -0.2) is 0 Å². The Labute approximate surface area is 177 Å². The second kappa shape index (κ2) is 11.6. The Morgan fingerprint density at radius 3 is 2.17 bits per heavy atom. The summed E-state index contributed by atoms with van der Waals surface area (Å²) in [6.07, 6.45) is 0.0450. The number of nitrogens with one attached hydrogen (secondary N) is 1. The van der Waals surface area contributed by atoms with Crippen molar-refractivity contribution in [2.45, 2.75) is 27.2 Å². The third-order valence-corrected chi connectivity index (χ3v) is 4.43. The highest BCUT2D eigenvalue weighted by atomic mass is 16.5. The van der Waals surface area contributed by atoms with E-state index in [0.29, 0.717) is 30.1 Å². The Hall–Kier alpha value is -3.35. The largest absolute Gasteiger partial charge is 0.493 e. The SMILES string of the molecule is CCN(CC)C(=O)c1ccc(NC(=O)COC(=O)CCOc2ccc(C)cc2)cc1. The molecule has 0 heterocycles. The predicted octanol–water partition coefficient (Wildman–Crippen LogP) is 3.43. The van der Waals surface area contributed by atoms with Crippen molar-refractivity contribution >= 4 is 23.5 Å². The van der Waals surface area contributed by atoms with Crippen LogP contribution in [-0.4, -0.2) is 49.0 Å². The van der Waals surface area contributed by atoms with E-state index in [2.05, 4.69) is 5.32 Å². The first kappa shape index (κ1) is 22.9. The maximum atomic E-state index is 12.3. The Balaban J connectivity index is 1.71. The van der Waals surface area contributed by atoms with Gasteiger partial charge in [-0.15, -0.1) is 0 Å². The smallest absolute Gasteiger partial charge is 0.309 e. The van der Waals surface area contributed by atoms with Crippen LogP contribution in [0.2, 0.25) is 0 Å². The molecule has 2 aromatic carbocycles. The molecule has 0 saturated heterocycles. The summed E-state index contributed by atoms with van der Waals surface area (Å²) in [7, 11) is 0. The summed E-state index contributed by atoms with van der Waals surface area (Å²) in [5.41, 5.74) is 2.20. The Bertz CT molecular complexity index is 843. The molecule has 0 spiro atoms. The number of carbonyl (C=O) groups excluding carboxylic acids is 3. The van der Waals surface area contributed by atoms with Gasteiger partial charge in [0.2, 0.25) is 0 Å². The third-order valence-electron chi connectivity index (χ3n) is 4.43. The summed E-state index contributed by atoms with van der Waals surface area (Å²) in [4.78, 5) is 37.7. The molecule has 2 rings (SSSR count). The molecule has 160 valence electrons. The molecule has 0 radical (unpaired) electrons. The maximum absolute atomic E-state index is 12.3. The van der Waals surface area contributed by atoms with Gasteiger partial charge in [-0.3, -0.25) is 14.4 Å². The molecule has 0 bridgehead atoms. The summed E-state index contributed by atoms with van der Waals surface area (Å²) < 4.78 is 10.4. The molecule has 2 aromatic rings. The zero-order valence-electron chi connectivity index (χ0n) is 17.6. The van der Waals surface area contributed by atoms with Crippen LogP contribution >= 0.6 is 0 Å². The van der Waals surface area contributed by atoms with E-state index >= 15 is 0 Å². The molecular weight excluding hydrogens is 384 g/mol. The van der Waals surface area contributed by atoms with Gasteiger partial charge >= 0.3 is 5.97 Å². The first-order valence-electron chi connectivity index (χ1n) is 9.97. The number of benzene rings is 2. The molecule has 0 unspecified atom stereocenters. The second-order valence-electron chi connectivity index (χ2n) is 6.68. The van der Waals surface area contributed by atoms with E-state index in [1.54, 1.807) is 29.2 Å². The molecule has 30 heavy (non-hydrogen) atoms. The lowest BCUT2D eigenvalue weighted by Gasteiger charge is -2.18. The number of aryl methyl sites for hydroxylation is 1. The van der Waals surface area contributed by atoms with Gasteiger partial charge < -0.3 is 19.7 Å². The molecule has 0 aliphatic rings. The van der Waals surface area contributed by atoms with Crippen LogP contribution in [0, 0.1) is 6.92 Å². The highest BCUT2D eigenvalue weighted by Crippen LogP contribution is 2.13. The zero-order valence-corrected chi connectivity index (χ0v) is 17.6. The van der Waals surface area contributed by atoms with Crippen LogP contribution in [0.15, 0.2) is 48.5 Å². The van der Waals surface area contributed by atoms with Crippen LogP contribution in [0.3, 0.4) is 0 Å². The monoisotopic (exact) mass is 412 g/mol. The number of nitrogens with zero attached hydrogens (tertiary/aromatic N) is 1. The normalized spacial score (nSPS) is 10.2. The van der Waals surface area contributed by atoms with Gasteiger partial charge in [0.15, 0.2) is 6.61 Å². The molecule has 0 atom stereocenters. The zero-order chi connectivity index (χ0) is 21.9. The Kier molecular flexibility index (Phi) is 8.87. The molecule has 7 heteroatoms. The van der Waals surface area contributed by atoms with Crippen LogP contribution in [0.5, 0.6) is 5.75 Å². The number of hydrogen-bond donors (Lipinski definition) is 1. The molecule has 0 fully saturated rings. The molecule has 0 aliphatic carbocycles. The van der Waals surface area contributed by atoms with Crippen molar-refractivity contribution in [3.8, 4) is 5.75 Å². The molecular formula is C23H28N2O5. The maximum Gasteiger partial charge on any atom is 0.309 e. The lowest BCUT2D eigenvalue weighted by Crippen LogP contribution is -2.30. The quantitative estimate of drug-likeness (QED) is 0.605. The van der Waals surface area contributed by atoms with Gasteiger partial charge in [-0.2, -0.15) is 0 Å². The fourth-order valence-corrected chi connectivity index (χ4v) is 2.69. The average Bonchev–Trinajstić information content (AvgIpc) is 2.75. The van der Waals surface area contributed by atoms with Crippen molar-refractivity contribution in [3.63, 3.8) is 0 Å². The number of carbonyl (C=O) groups is 3. The minimum absolute atomic E-state index is 0.0450. The Morgan fingerprint density at radius 2 is 1.57 bits per heavy atom. The summed E-state index contributed by atoms with van der Waals surface area (Å²) in [5, 5.41) is 2.64. The van der Waals surface area contributed by atoms with Crippen LogP contribution in [-0.2, 0) is 14.3 Å². The van der Waals surface area contributed by atoms with E-state index < -0.39 is 11.9 Å². The van der Waals surface area contributed by atoms with Gasteiger partial charge in [-0.1, -0.05) is 17.7 Å². The number of anilines is 1. The van der Waals surface area contributed by atoms with Gasteiger partial charge in [0.25, 0.3) is 11.8 Å². The van der Waals surface area contributed by atoms with Crippen molar-refractivity contribution in [2.24, 2.45) is 0 Å². The van der Waals surface area contributed by atoms with Crippen molar-refractivity contribution < 1.29 is 23.9 Å². The van der Waals surface area contributed by atoms with E-state index in [0.717, 1.165) is 5.56 Å². The standard InChI is InChI=1S/C23H28N2O5/c1-4-25(5-2)23(28)18-8-10-19(11-9-18)24-21(26)16-30-22(27)14-15-29-20-12-6-17(3)7-13-20/h6-13H,4-5,14-16H2,1-3H3,(H,24,26). The summed E-state index contributed by atoms with van der Waals surface area (Å²) in [5.74, 6) is -0.350. The van der Waals surface area contributed by atoms with E-state index in [4.69, 9.17) is 9.47 Å². The summed E-state index contributed by atoms with van der Waals surface area (Å²) in [6, 6.07) is 14.1. The highest BCUT2D eigenvalue weighted by molar-refractivity contribution is 5.96. The van der Waals surface area contributed by atoms with Crippen molar-refractivity contribution in [1.29, 1.82) is 0 Å². The van der Waals surface area contributed by atoms with E-state index in [-0.39, 0.29) is 25.5 Å². The number of amides is 2. The van der Waals surface area contributed by atoms with Crippen molar-refractivity contribution in [2.75, 3.05) is 31.6 Å². The topological polar surface area (TPSA) is 84.9 Å². The van der Waals surface area contributed by atoms with Crippen molar-refractivity contribution in [1.82, 2.24) is 4.90 Å². The molecule has 7 nitrogen and oxygen atoms in total. The summed E-state index contributed by atoms with van der Waals surface area (Å²) >= 11 is 0. The van der Waals surface area contributed by atoms with E-state index in [1.807, 2.05) is 45.0 Å². The third kappa shape index (κ3) is 7.24. The van der Waals surface area contributed by atoms with Crippen LogP contribution in [0.1, 0.15) is 36.2 Å². The molecule has 1 N–H and O–H groups in total. The lowest BCUT2D eigenvalue weighted by molar-refractivity contribution is -0.147. The second-order valence-corrected chi connectivity index (χ2v) is 6.68. The molecule has 0 aromatic heterocycles. The van der Waals surface area contributed by atoms with E-state index in [1.165, 1.54) is 0 Å². The van der Waals surface area contributed by atoms with Crippen LogP contribution < -0.4 is 10.1 Å². The predicted molar refractivity (Wildman–Crippen MR) is 115 cm³/mol. The lowest BCUT2D eigenvalue weighted by atomic mass is 10.2. The first-order valence-corrected chi connectivity index (χ1v) is 9.97.